The number of halogens is 1. The van der Waals surface area contributed by atoms with Gasteiger partial charge >= 0.3 is 0 Å². The van der Waals surface area contributed by atoms with Gasteiger partial charge in [-0.15, -0.1) is 11.3 Å². The van der Waals surface area contributed by atoms with Gasteiger partial charge in [0.15, 0.2) is 11.6 Å². The molecule has 1 aromatic heterocycles. The molecule has 96 valence electrons. The maximum Gasteiger partial charge on any atom is 0.165 e. The molecule has 0 atom stereocenters. The van der Waals surface area contributed by atoms with Gasteiger partial charge < -0.3 is 10.4 Å². The predicted octanol–water partition coefficient (Wildman–Crippen LogP) is 3.01. The zero-order valence-corrected chi connectivity index (χ0v) is 11.1. The molecule has 1 heterocycles. The van der Waals surface area contributed by atoms with Crippen LogP contribution in [-0.2, 0) is 12.1 Å². The average molecular weight is 266 g/mol. The lowest BCUT2D eigenvalue weighted by molar-refractivity contribution is 0.397. The number of nitrogens with zero attached hydrogens (tertiary/aromatic N) is 1. The van der Waals surface area contributed by atoms with Crippen molar-refractivity contribution >= 4 is 11.3 Å². The first-order valence-electron chi connectivity index (χ1n) is 5.61. The Labute approximate surface area is 109 Å². The summed E-state index contributed by atoms with van der Waals surface area (Å²) in [6.07, 6.45) is 1.77. The predicted molar refractivity (Wildman–Crippen MR) is 70.0 cm³/mol. The number of rotatable bonds is 4. The number of hydrogen-bond acceptors (Lipinski definition) is 4. The first-order chi connectivity index (χ1) is 8.49. The van der Waals surface area contributed by atoms with Gasteiger partial charge in [0.1, 0.15) is 5.01 Å². The van der Waals surface area contributed by atoms with Crippen molar-refractivity contribution in [1.29, 1.82) is 0 Å². The highest BCUT2D eigenvalue weighted by atomic mass is 32.1. The van der Waals surface area contributed by atoms with E-state index in [1.54, 1.807) is 23.6 Å². The van der Waals surface area contributed by atoms with Crippen LogP contribution >= 0.6 is 11.3 Å². The third-order valence-corrected chi connectivity index (χ3v) is 3.81. The van der Waals surface area contributed by atoms with Crippen LogP contribution in [0.3, 0.4) is 0 Å². The zero-order valence-electron chi connectivity index (χ0n) is 10.3. The number of phenolic OH excluding ortho intramolecular Hbond substituents is 1. The molecule has 1 aromatic carbocycles. The van der Waals surface area contributed by atoms with Crippen LogP contribution < -0.4 is 5.32 Å². The van der Waals surface area contributed by atoms with E-state index in [0.717, 1.165) is 10.6 Å². The number of thiazole rings is 1. The summed E-state index contributed by atoms with van der Waals surface area (Å²) in [5.74, 6) is -0.917. The number of aromatic nitrogens is 1. The van der Waals surface area contributed by atoms with Crippen molar-refractivity contribution in [2.24, 2.45) is 0 Å². The van der Waals surface area contributed by atoms with E-state index < -0.39 is 5.82 Å². The van der Waals surface area contributed by atoms with Crippen molar-refractivity contribution in [2.45, 2.75) is 25.9 Å². The number of hydrogen-bond donors (Lipinski definition) is 2. The zero-order chi connectivity index (χ0) is 13.2. The van der Waals surface area contributed by atoms with Crippen molar-refractivity contribution in [3.63, 3.8) is 0 Å². The maximum atomic E-state index is 13.2. The number of benzene rings is 1. The molecule has 0 aliphatic heterocycles. The fourth-order valence-electron chi connectivity index (χ4n) is 1.59. The monoisotopic (exact) mass is 266 g/mol. The van der Waals surface area contributed by atoms with Gasteiger partial charge in [0.25, 0.3) is 0 Å². The second-order valence-electron chi connectivity index (χ2n) is 4.60. The fraction of sp³-hybridized carbons (Fsp3) is 0.308. The van der Waals surface area contributed by atoms with Crippen LogP contribution in [0.1, 0.15) is 24.4 Å². The molecule has 18 heavy (non-hydrogen) atoms. The van der Waals surface area contributed by atoms with E-state index in [1.165, 1.54) is 12.1 Å². The van der Waals surface area contributed by atoms with Gasteiger partial charge in [0.2, 0.25) is 0 Å². The minimum absolute atomic E-state index is 0.261. The van der Waals surface area contributed by atoms with Gasteiger partial charge in [-0.3, -0.25) is 0 Å². The highest BCUT2D eigenvalue weighted by Crippen LogP contribution is 2.23. The van der Waals surface area contributed by atoms with Crippen molar-refractivity contribution in [2.75, 3.05) is 0 Å². The van der Waals surface area contributed by atoms with Crippen LogP contribution in [0.5, 0.6) is 5.75 Å². The Morgan fingerprint density at radius 2 is 2.22 bits per heavy atom. The highest BCUT2D eigenvalue weighted by molar-refractivity contribution is 7.09. The molecule has 0 unspecified atom stereocenters. The summed E-state index contributed by atoms with van der Waals surface area (Å²) in [4.78, 5) is 4.27. The SMILES string of the molecule is CC(C)(NCc1ccc(O)c(F)c1)c1nccs1. The lowest BCUT2D eigenvalue weighted by Gasteiger charge is -2.24. The standard InChI is InChI=1S/C13H15FN2OS/c1-13(2,12-15-5-6-18-12)16-8-9-3-4-11(17)10(14)7-9/h3-7,16-17H,8H2,1-2H3. The minimum atomic E-state index is -0.596. The fourth-order valence-corrected chi connectivity index (χ4v) is 2.33. The molecule has 0 aliphatic carbocycles. The first kappa shape index (κ1) is 13.0. The molecule has 2 aromatic rings. The molecule has 2 rings (SSSR count). The normalized spacial score (nSPS) is 11.7. The van der Waals surface area contributed by atoms with Gasteiger partial charge in [0, 0.05) is 18.1 Å². The van der Waals surface area contributed by atoms with E-state index in [9.17, 15) is 4.39 Å². The Bertz CT molecular complexity index is 526. The smallest absolute Gasteiger partial charge is 0.165 e. The Hall–Kier alpha value is -1.46. The third kappa shape index (κ3) is 2.86. The van der Waals surface area contributed by atoms with Crippen LogP contribution in [0.2, 0.25) is 0 Å². The molecular weight excluding hydrogens is 251 g/mol. The van der Waals surface area contributed by atoms with E-state index in [4.69, 9.17) is 5.11 Å². The van der Waals surface area contributed by atoms with E-state index in [2.05, 4.69) is 10.3 Å². The Morgan fingerprint density at radius 1 is 1.44 bits per heavy atom. The second-order valence-corrected chi connectivity index (χ2v) is 5.50. The molecule has 0 saturated carbocycles. The summed E-state index contributed by atoms with van der Waals surface area (Å²) in [5, 5.41) is 15.4. The summed E-state index contributed by atoms with van der Waals surface area (Å²) in [6.45, 7) is 4.58. The average Bonchev–Trinajstić information content (AvgIpc) is 2.85. The van der Waals surface area contributed by atoms with Crippen LogP contribution in [-0.4, -0.2) is 10.1 Å². The van der Waals surface area contributed by atoms with Crippen molar-refractivity contribution in [3.8, 4) is 5.75 Å². The van der Waals surface area contributed by atoms with Crippen molar-refractivity contribution < 1.29 is 9.50 Å². The summed E-state index contributed by atoms with van der Waals surface area (Å²) in [5.41, 5.74) is 0.526. The molecule has 0 spiro atoms. The summed E-state index contributed by atoms with van der Waals surface area (Å²) in [7, 11) is 0. The van der Waals surface area contributed by atoms with Gasteiger partial charge in [0.05, 0.1) is 5.54 Å². The molecule has 3 nitrogen and oxygen atoms in total. The van der Waals surface area contributed by atoms with E-state index in [0.29, 0.717) is 6.54 Å². The minimum Gasteiger partial charge on any atom is -0.505 e. The topological polar surface area (TPSA) is 45.1 Å². The van der Waals surface area contributed by atoms with Gasteiger partial charge in [-0.05, 0) is 31.5 Å². The van der Waals surface area contributed by atoms with Crippen molar-refractivity contribution in [3.05, 3.63) is 46.2 Å². The summed E-state index contributed by atoms with van der Waals surface area (Å²) >= 11 is 1.58. The Balaban J connectivity index is 2.05. The lowest BCUT2D eigenvalue weighted by atomic mass is 10.1. The molecule has 0 radical (unpaired) electrons. The molecule has 0 saturated heterocycles. The Kier molecular flexibility index (Phi) is 3.63. The molecule has 0 fully saturated rings. The first-order valence-corrected chi connectivity index (χ1v) is 6.49. The van der Waals surface area contributed by atoms with Crippen molar-refractivity contribution in [1.82, 2.24) is 10.3 Å². The molecule has 0 aliphatic rings. The molecule has 0 amide bonds. The van der Waals surface area contributed by atoms with Gasteiger partial charge in [-0.2, -0.15) is 0 Å². The molecular formula is C13H15FN2OS. The maximum absolute atomic E-state index is 13.2. The van der Waals surface area contributed by atoms with E-state index in [-0.39, 0.29) is 11.3 Å². The summed E-state index contributed by atoms with van der Waals surface area (Å²) < 4.78 is 13.2. The Morgan fingerprint density at radius 3 is 2.83 bits per heavy atom. The number of phenols is 1. The highest BCUT2D eigenvalue weighted by Gasteiger charge is 2.22. The second kappa shape index (κ2) is 5.04. The quantitative estimate of drug-likeness (QED) is 0.894. The van der Waals surface area contributed by atoms with Crippen LogP contribution in [0.25, 0.3) is 0 Å². The lowest BCUT2D eigenvalue weighted by Crippen LogP contribution is -2.35. The van der Waals surface area contributed by atoms with Crippen LogP contribution in [0.4, 0.5) is 4.39 Å². The van der Waals surface area contributed by atoms with Gasteiger partial charge in [-0.1, -0.05) is 6.07 Å². The largest absolute Gasteiger partial charge is 0.505 e. The van der Waals surface area contributed by atoms with Gasteiger partial charge in [-0.25, -0.2) is 9.37 Å². The molecule has 5 heteroatoms. The van der Waals surface area contributed by atoms with E-state index >= 15 is 0 Å². The van der Waals surface area contributed by atoms with Crippen LogP contribution in [0, 0.1) is 5.82 Å². The molecule has 0 bridgehead atoms. The number of aromatic hydroxyl groups is 1. The number of nitrogens with one attached hydrogen (secondary N) is 1. The third-order valence-electron chi connectivity index (χ3n) is 2.71. The van der Waals surface area contributed by atoms with Crippen LogP contribution in [0.15, 0.2) is 29.8 Å². The molecule has 2 N–H and O–H groups in total. The van der Waals surface area contributed by atoms with E-state index in [1.807, 2.05) is 19.2 Å². The summed E-state index contributed by atoms with van der Waals surface area (Å²) in [6, 6.07) is 4.40.